The summed E-state index contributed by atoms with van der Waals surface area (Å²) in [5.74, 6) is 0. The van der Waals surface area contributed by atoms with Crippen molar-refractivity contribution in [2.24, 2.45) is 0 Å². The number of hydrogen-bond acceptors (Lipinski definition) is 1. The summed E-state index contributed by atoms with van der Waals surface area (Å²) in [5.41, 5.74) is 1.33. The minimum atomic E-state index is 0.441. The second-order valence-corrected chi connectivity index (χ2v) is 4.35. The summed E-state index contributed by atoms with van der Waals surface area (Å²) < 4.78 is 0. The molecule has 0 amide bonds. The van der Waals surface area contributed by atoms with Gasteiger partial charge in [-0.05, 0) is 37.5 Å². The summed E-state index contributed by atoms with van der Waals surface area (Å²) in [4.78, 5) is 0. The molecule has 0 saturated carbocycles. The predicted octanol–water partition coefficient (Wildman–Crippen LogP) is 2.49. The van der Waals surface area contributed by atoms with E-state index < -0.39 is 0 Å². The third kappa shape index (κ3) is 5.12. The Bertz CT molecular complexity index is 311. The van der Waals surface area contributed by atoms with Crippen LogP contribution in [0.25, 0.3) is 0 Å². The van der Waals surface area contributed by atoms with Crippen LogP contribution in [0.1, 0.15) is 25.8 Å². The zero-order chi connectivity index (χ0) is 11.8. The average molecular weight is 236 g/mol. The minimum absolute atomic E-state index is 0.441. The van der Waals surface area contributed by atoms with Crippen LogP contribution in [0.5, 0.6) is 0 Å². The molecule has 1 rings (SSSR count). The molecule has 1 aromatic rings. The van der Waals surface area contributed by atoms with E-state index in [-0.39, 0.29) is 0 Å². The fraction of sp³-hybridized carbons (Fsp3) is 0.462. The normalized spacial score (nSPS) is 11.9. The van der Waals surface area contributed by atoms with Gasteiger partial charge in [-0.1, -0.05) is 37.3 Å². The van der Waals surface area contributed by atoms with Gasteiger partial charge in [0.2, 0.25) is 0 Å². The molecule has 0 fully saturated rings. The maximum Gasteiger partial charge on any atom is 0.166 e. The van der Waals surface area contributed by atoms with E-state index in [1.165, 1.54) is 5.56 Å². The third-order valence-corrected chi connectivity index (χ3v) is 2.79. The van der Waals surface area contributed by atoms with Gasteiger partial charge in [0.1, 0.15) is 0 Å². The van der Waals surface area contributed by atoms with Crippen LogP contribution in [0, 0.1) is 0 Å². The highest BCUT2D eigenvalue weighted by molar-refractivity contribution is 7.80. The number of thiocarbonyl (C=S) groups is 1. The first-order valence-electron chi connectivity index (χ1n) is 5.80. The summed E-state index contributed by atoms with van der Waals surface area (Å²) >= 11 is 5.19. The fourth-order valence-corrected chi connectivity index (χ4v) is 1.65. The van der Waals surface area contributed by atoms with Crippen LogP contribution in [0.3, 0.4) is 0 Å². The maximum absolute atomic E-state index is 5.19. The number of nitrogens with one attached hydrogen (secondary N) is 2. The molecule has 88 valence electrons. The van der Waals surface area contributed by atoms with Crippen molar-refractivity contribution in [1.29, 1.82) is 0 Å². The smallest absolute Gasteiger partial charge is 0.166 e. The van der Waals surface area contributed by atoms with Crippen molar-refractivity contribution < 1.29 is 0 Å². The molecule has 1 aromatic carbocycles. The lowest BCUT2D eigenvalue weighted by molar-refractivity contribution is 0.632. The van der Waals surface area contributed by atoms with Crippen LogP contribution in [0.2, 0.25) is 0 Å². The molecule has 0 aliphatic rings. The van der Waals surface area contributed by atoms with Gasteiger partial charge in [-0.25, -0.2) is 0 Å². The van der Waals surface area contributed by atoms with Crippen LogP contribution in [-0.4, -0.2) is 17.7 Å². The van der Waals surface area contributed by atoms with Gasteiger partial charge in [-0.15, -0.1) is 0 Å². The lowest BCUT2D eigenvalue weighted by atomic mass is 10.1. The molecule has 16 heavy (non-hydrogen) atoms. The molecule has 0 spiro atoms. The Morgan fingerprint density at radius 2 is 2.00 bits per heavy atom. The van der Waals surface area contributed by atoms with Crippen molar-refractivity contribution in [3.8, 4) is 0 Å². The molecule has 1 atom stereocenters. The number of benzene rings is 1. The third-order valence-electron chi connectivity index (χ3n) is 2.53. The van der Waals surface area contributed by atoms with Gasteiger partial charge in [-0.2, -0.15) is 0 Å². The molecule has 0 radical (unpaired) electrons. The molecule has 0 heterocycles. The summed E-state index contributed by atoms with van der Waals surface area (Å²) in [6.07, 6.45) is 2.09. The summed E-state index contributed by atoms with van der Waals surface area (Å²) in [6, 6.07) is 10.9. The number of hydrogen-bond donors (Lipinski definition) is 2. The molecule has 2 N–H and O–H groups in total. The van der Waals surface area contributed by atoms with Crippen LogP contribution < -0.4 is 10.6 Å². The van der Waals surface area contributed by atoms with E-state index in [1.807, 2.05) is 6.07 Å². The van der Waals surface area contributed by atoms with Crippen molar-refractivity contribution in [2.75, 3.05) is 6.54 Å². The van der Waals surface area contributed by atoms with E-state index in [9.17, 15) is 0 Å². The van der Waals surface area contributed by atoms with Gasteiger partial charge in [-0.3, -0.25) is 0 Å². The van der Waals surface area contributed by atoms with E-state index in [1.54, 1.807) is 0 Å². The maximum atomic E-state index is 5.19. The molecule has 0 aliphatic heterocycles. The highest BCUT2D eigenvalue weighted by Gasteiger charge is 2.00. The highest BCUT2D eigenvalue weighted by Crippen LogP contribution is 1.98. The Balaban J connectivity index is 2.18. The SMILES string of the molecule is CC[C@H](C)NC(=S)NCCc1ccccc1. The molecule has 0 aliphatic carbocycles. The number of rotatable bonds is 5. The van der Waals surface area contributed by atoms with Gasteiger partial charge < -0.3 is 10.6 Å². The largest absolute Gasteiger partial charge is 0.362 e. The quantitative estimate of drug-likeness (QED) is 0.768. The Morgan fingerprint density at radius 3 is 2.62 bits per heavy atom. The van der Waals surface area contributed by atoms with Gasteiger partial charge in [0.15, 0.2) is 5.11 Å². The second-order valence-electron chi connectivity index (χ2n) is 3.95. The molecule has 3 heteroatoms. The molecule has 0 saturated heterocycles. The molecule has 2 nitrogen and oxygen atoms in total. The lowest BCUT2D eigenvalue weighted by Crippen LogP contribution is -2.40. The Morgan fingerprint density at radius 1 is 1.31 bits per heavy atom. The van der Waals surface area contributed by atoms with Crippen molar-refractivity contribution >= 4 is 17.3 Å². The topological polar surface area (TPSA) is 24.1 Å². The van der Waals surface area contributed by atoms with E-state index in [4.69, 9.17) is 12.2 Å². The van der Waals surface area contributed by atoms with Crippen LogP contribution in [0.15, 0.2) is 30.3 Å². The van der Waals surface area contributed by atoms with Crippen molar-refractivity contribution in [1.82, 2.24) is 10.6 Å². The summed E-state index contributed by atoms with van der Waals surface area (Å²) in [7, 11) is 0. The van der Waals surface area contributed by atoms with Crippen molar-refractivity contribution in [3.05, 3.63) is 35.9 Å². The van der Waals surface area contributed by atoms with Crippen LogP contribution in [-0.2, 0) is 6.42 Å². The van der Waals surface area contributed by atoms with Gasteiger partial charge in [0.25, 0.3) is 0 Å². The van der Waals surface area contributed by atoms with Gasteiger partial charge in [0, 0.05) is 12.6 Å². The van der Waals surface area contributed by atoms with E-state index in [2.05, 4.69) is 48.7 Å². The predicted molar refractivity (Wildman–Crippen MR) is 73.6 cm³/mol. The zero-order valence-electron chi connectivity index (χ0n) is 9.99. The monoisotopic (exact) mass is 236 g/mol. The highest BCUT2D eigenvalue weighted by atomic mass is 32.1. The molecule has 0 aromatic heterocycles. The van der Waals surface area contributed by atoms with Crippen LogP contribution in [0.4, 0.5) is 0 Å². The first-order valence-corrected chi connectivity index (χ1v) is 6.21. The second kappa shape index (κ2) is 7.23. The van der Waals surface area contributed by atoms with Crippen LogP contribution >= 0.6 is 12.2 Å². The minimum Gasteiger partial charge on any atom is -0.362 e. The lowest BCUT2D eigenvalue weighted by Gasteiger charge is -2.15. The van der Waals surface area contributed by atoms with E-state index in [0.29, 0.717) is 6.04 Å². The van der Waals surface area contributed by atoms with Gasteiger partial charge >= 0.3 is 0 Å². The Labute approximate surface area is 103 Å². The standard InChI is InChI=1S/C13H20N2S/c1-3-11(2)15-13(16)14-10-9-12-7-5-4-6-8-12/h4-8,11H,3,9-10H2,1-2H3,(H2,14,15,16)/t11-/m0/s1. The first kappa shape index (κ1) is 13.0. The molecule has 0 unspecified atom stereocenters. The zero-order valence-corrected chi connectivity index (χ0v) is 10.8. The van der Waals surface area contributed by atoms with E-state index in [0.717, 1.165) is 24.5 Å². The molecular formula is C13H20N2S. The van der Waals surface area contributed by atoms with E-state index >= 15 is 0 Å². The average Bonchev–Trinajstić information content (AvgIpc) is 2.30. The summed E-state index contributed by atoms with van der Waals surface area (Å²) in [5, 5.41) is 7.21. The summed E-state index contributed by atoms with van der Waals surface area (Å²) in [6.45, 7) is 5.15. The van der Waals surface area contributed by atoms with Crippen molar-refractivity contribution in [3.63, 3.8) is 0 Å². The first-order chi connectivity index (χ1) is 7.72. The Hall–Kier alpha value is -1.09. The molecule has 0 bridgehead atoms. The Kier molecular flexibility index (Phi) is 5.86. The van der Waals surface area contributed by atoms with Crippen molar-refractivity contribution in [2.45, 2.75) is 32.7 Å². The molecular weight excluding hydrogens is 216 g/mol. The fourth-order valence-electron chi connectivity index (χ4n) is 1.34. The van der Waals surface area contributed by atoms with Gasteiger partial charge in [0.05, 0.1) is 0 Å².